The number of nitrogens with zero attached hydrogens (tertiary/aromatic N) is 1. The van der Waals surface area contributed by atoms with Crippen molar-refractivity contribution in [3.05, 3.63) is 60.0 Å². The van der Waals surface area contributed by atoms with Crippen LogP contribution in [0.25, 0.3) is 16.6 Å². The highest BCUT2D eigenvalue weighted by Gasteiger charge is 2.27. The zero-order valence-corrected chi connectivity index (χ0v) is 9.48. The number of pyridine rings is 1. The Morgan fingerprint density at radius 3 is 2.82 bits per heavy atom. The molecule has 4 rings (SSSR count). The van der Waals surface area contributed by atoms with Crippen LogP contribution in [-0.2, 0) is 12.8 Å². The van der Waals surface area contributed by atoms with Gasteiger partial charge < -0.3 is 4.98 Å². The van der Waals surface area contributed by atoms with Gasteiger partial charge in [-0.1, -0.05) is 18.2 Å². The molecule has 0 unspecified atom stereocenters. The zero-order chi connectivity index (χ0) is 11.2. The summed E-state index contributed by atoms with van der Waals surface area (Å²) < 4.78 is 2.32. The Labute approximate surface area is 99.5 Å². The Morgan fingerprint density at radius 1 is 0.941 bits per heavy atom. The number of para-hydroxylation sites is 1. The molecular formula is C15H13N2+. The van der Waals surface area contributed by atoms with Crippen LogP contribution in [0.4, 0.5) is 0 Å². The molecule has 2 nitrogen and oxygen atoms in total. The number of aryl methyl sites for hydroxylation is 2. The second kappa shape index (κ2) is 3.20. The van der Waals surface area contributed by atoms with Gasteiger partial charge in [0.2, 0.25) is 5.69 Å². The van der Waals surface area contributed by atoms with E-state index in [1.54, 1.807) is 0 Å². The lowest BCUT2D eigenvalue weighted by Crippen LogP contribution is -2.39. The van der Waals surface area contributed by atoms with Crippen LogP contribution in [0.15, 0.2) is 48.7 Å². The van der Waals surface area contributed by atoms with E-state index in [1.165, 1.54) is 28.0 Å². The second-order valence-corrected chi connectivity index (χ2v) is 4.56. The third kappa shape index (κ3) is 1.18. The highest BCUT2D eigenvalue weighted by molar-refractivity contribution is 5.88. The zero-order valence-electron chi connectivity index (χ0n) is 9.48. The van der Waals surface area contributed by atoms with Crippen LogP contribution in [0.2, 0.25) is 0 Å². The van der Waals surface area contributed by atoms with E-state index >= 15 is 0 Å². The molecule has 0 spiro atoms. The lowest BCUT2D eigenvalue weighted by molar-refractivity contribution is -0.605. The molecule has 0 saturated carbocycles. The normalized spacial score (nSPS) is 13.4. The van der Waals surface area contributed by atoms with Crippen LogP contribution < -0.4 is 4.57 Å². The minimum atomic E-state index is 1.11. The van der Waals surface area contributed by atoms with Gasteiger partial charge in [-0.15, -0.1) is 0 Å². The number of benzene rings is 1. The minimum Gasteiger partial charge on any atom is -0.353 e. The van der Waals surface area contributed by atoms with Crippen molar-refractivity contribution < 1.29 is 4.57 Å². The van der Waals surface area contributed by atoms with Crippen LogP contribution in [0.3, 0.4) is 0 Å². The first-order valence-electron chi connectivity index (χ1n) is 6.03. The lowest BCUT2D eigenvalue weighted by atomic mass is 10.1. The Balaban J connectivity index is 2.14. The highest BCUT2D eigenvalue weighted by Crippen LogP contribution is 2.26. The molecule has 0 atom stereocenters. The first kappa shape index (κ1) is 8.99. The topological polar surface area (TPSA) is 19.7 Å². The van der Waals surface area contributed by atoms with Crippen molar-refractivity contribution in [1.82, 2.24) is 4.98 Å². The predicted molar refractivity (Wildman–Crippen MR) is 67.2 cm³/mol. The molecule has 0 saturated heterocycles. The van der Waals surface area contributed by atoms with Crippen LogP contribution in [-0.4, -0.2) is 4.98 Å². The number of aromatic amines is 1. The molecule has 0 fully saturated rings. The van der Waals surface area contributed by atoms with Gasteiger partial charge in [-0.3, -0.25) is 0 Å². The third-order valence-electron chi connectivity index (χ3n) is 3.57. The summed E-state index contributed by atoms with van der Waals surface area (Å²) in [5.74, 6) is 0. The fraction of sp³-hybridized carbons (Fsp3) is 0.133. The number of rotatable bonds is 0. The molecule has 1 N–H and O–H groups in total. The summed E-state index contributed by atoms with van der Waals surface area (Å²) >= 11 is 0. The van der Waals surface area contributed by atoms with E-state index in [-0.39, 0.29) is 0 Å². The van der Waals surface area contributed by atoms with E-state index in [1.807, 2.05) is 0 Å². The average molecular weight is 221 g/mol. The predicted octanol–water partition coefficient (Wildman–Crippen LogP) is 2.54. The summed E-state index contributed by atoms with van der Waals surface area (Å²) in [4.78, 5) is 3.54. The van der Waals surface area contributed by atoms with E-state index in [9.17, 15) is 0 Å². The Bertz CT molecular complexity index is 710. The molecule has 0 amide bonds. The lowest BCUT2D eigenvalue weighted by Gasteiger charge is -2.09. The molecule has 2 aromatic heterocycles. The third-order valence-corrected chi connectivity index (χ3v) is 3.57. The van der Waals surface area contributed by atoms with Crippen molar-refractivity contribution in [2.45, 2.75) is 12.8 Å². The first-order valence-corrected chi connectivity index (χ1v) is 6.03. The summed E-state index contributed by atoms with van der Waals surface area (Å²) in [5.41, 5.74) is 5.32. The summed E-state index contributed by atoms with van der Waals surface area (Å²) in [5, 5.41) is 1.32. The Morgan fingerprint density at radius 2 is 1.82 bits per heavy atom. The quantitative estimate of drug-likeness (QED) is 0.563. The maximum absolute atomic E-state index is 3.54. The van der Waals surface area contributed by atoms with E-state index in [0.717, 1.165) is 12.8 Å². The van der Waals surface area contributed by atoms with Gasteiger partial charge in [0.1, 0.15) is 0 Å². The molecule has 2 heteroatoms. The monoisotopic (exact) mass is 221 g/mol. The van der Waals surface area contributed by atoms with Gasteiger partial charge >= 0.3 is 0 Å². The van der Waals surface area contributed by atoms with Crippen molar-refractivity contribution in [3.8, 4) is 5.69 Å². The molecular weight excluding hydrogens is 208 g/mol. The average Bonchev–Trinajstić information content (AvgIpc) is 2.77. The fourth-order valence-corrected chi connectivity index (χ4v) is 2.79. The second-order valence-electron chi connectivity index (χ2n) is 4.56. The standard InChI is InChI=1S/C15H13N2/c1-2-7-13-12(6-1)15-14(16-13)9-8-11-5-3-4-10-17(11)15/h1-7,10,16H,8-9H2/q+1. The molecule has 0 radical (unpaired) electrons. The minimum absolute atomic E-state index is 1.11. The maximum atomic E-state index is 3.54. The molecule has 1 aliphatic heterocycles. The van der Waals surface area contributed by atoms with Crippen LogP contribution >= 0.6 is 0 Å². The van der Waals surface area contributed by atoms with Gasteiger partial charge in [0.25, 0.3) is 0 Å². The molecule has 0 bridgehead atoms. The molecule has 82 valence electrons. The van der Waals surface area contributed by atoms with Gasteiger partial charge in [-0.25, -0.2) is 0 Å². The van der Waals surface area contributed by atoms with Gasteiger partial charge in [-0.2, -0.15) is 4.57 Å². The van der Waals surface area contributed by atoms with Crippen LogP contribution in [0, 0.1) is 0 Å². The maximum Gasteiger partial charge on any atom is 0.239 e. The summed E-state index contributed by atoms with van der Waals surface area (Å²) in [7, 11) is 0. The fourth-order valence-electron chi connectivity index (χ4n) is 2.79. The van der Waals surface area contributed by atoms with Gasteiger partial charge in [0.05, 0.1) is 16.6 Å². The molecule has 0 aliphatic carbocycles. The summed E-state index contributed by atoms with van der Waals surface area (Å²) in [6, 6.07) is 15.0. The van der Waals surface area contributed by atoms with E-state index in [0.29, 0.717) is 0 Å². The Kier molecular flexibility index (Phi) is 1.69. The summed E-state index contributed by atoms with van der Waals surface area (Å²) in [6.07, 6.45) is 4.38. The van der Waals surface area contributed by atoms with Crippen LogP contribution in [0.5, 0.6) is 0 Å². The Hall–Kier alpha value is -2.09. The first-order chi connectivity index (χ1) is 8.43. The van der Waals surface area contributed by atoms with Crippen molar-refractivity contribution in [3.63, 3.8) is 0 Å². The molecule has 1 aliphatic rings. The molecule has 1 aromatic carbocycles. The van der Waals surface area contributed by atoms with E-state index in [2.05, 4.69) is 58.2 Å². The number of fused-ring (bicyclic) bond motifs is 5. The number of hydrogen-bond acceptors (Lipinski definition) is 0. The summed E-state index contributed by atoms with van der Waals surface area (Å²) in [6.45, 7) is 0. The number of nitrogens with one attached hydrogen (secondary N) is 1. The number of hydrogen-bond donors (Lipinski definition) is 1. The number of aromatic nitrogens is 2. The number of H-pyrrole nitrogens is 1. The highest BCUT2D eigenvalue weighted by atomic mass is 15.0. The van der Waals surface area contributed by atoms with E-state index in [4.69, 9.17) is 0 Å². The van der Waals surface area contributed by atoms with Gasteiger partial charge in [0, 0.05) is 25.0 Å². The molecule has 3 aromatic rings. The smallest absolute Gasteiger partial charge is 0.239 e. The van der Waals surface area contributed by atoms with Crippen molar-refractivity contribution >= 4 is 10.9 Å². The SMILES string of the molecule is c1cc[n+]2c(c1)CCc1[nH]c3ccccc3c1-2. The van der Waals surface area contributed by atoms with Crippen LogP contribution in [0.1, 0.15) is 11.4 Å². The largest absolute Gasteiger partial charge is 0.353 e. The van der Waals surface area contributed by atoms with Gasteiger partial charge in [-0.05, 0) is 12.1 Å². The van der Waals surface area contributed by atoms with Crippen molar-refractivity contribution in [1.29, 1.82) is 0 Å². The van der Waals surface area contributed by atoms with Crippen molar-refractivity contribution in [2.24, 2.45) is 0 Å². The van der Waals surface area contributed by atoms with E-state index < -0.39 is 0 Å². The van der Waals surface area contributed by atoms with Crippen molar-refractivity contribution in [2.75, 3.05) is 0 Å². The van der Waals surface area contributed by atoms with Gasteiger partial charge in [0.15, 0.2) is 11.9 Å². The molecule has 17 heavy (non-hydrogen) atoms. The molecule has 3 heterocycles.